The van der Waals surface area contributed by atoms with Gasteiger partial charge < -0.3 is 9.47 Å². The first kappa shape index (κ1) is 17.5. The Morgan fingerprint density at radius 2 is 1.42 bits per heavy atom. The minimum absolute atomic E-state index is 0.354. The lowest BCUT2D eigenvalue weighted by molar-refractivity contribution is -0.142. The molecule has 0 aromatic heterocycles. The SMILES string of the molecule is C=C(C)C(=O)OC(c1ccccc1)c1ccccc1Oc1ccccc1. The minimum atomic E-state index is -0.583. The van der Waals surface area contributed by atoms with Crippen LogP contribution in [-0.4, -0.2) is 5.97 Å². The molecule has 0 saturated heterocycles. The first-order valence-electron chi connectivity index (χ1n) is 8.38. The van der Waals surface area contributed by atoms with E-state index in [2.05, 4.69) is 6.58 Å². The van der Waals surface area contributed by atoms with Crippen LogP contribution in [0.4, 0.5) is 0 Å². The molecule has 0 aliphatic heterocycles. The van der Waals surface area contributed by atoms with Crippen molar-refractivity contribution in [1.82, 2.24) is 0 Å². The molecule has 0 radical (unpaired) electrons. The monoisotopic (exact) mass is 344 g/mol. The van der Waals surface area contributed by atoms with Crippen LogP contribution in [0.3, 0.4) is 0 Å². The molecular formula is C23H20O3. The molecular weight excluding hydrogens is 324 g/mol. The number of para-hydroxylation sites is 2. The van der Waals surface area contributed by atoms with E-state index in [-0.39, 0.29) is 0 Å². The summed E-state index contributed by atoms with van der Waals surface area (Å²) in [5.41, 5.74) is 2.00. The fraction of sp³-hybridized carbons (Fsp3) is 0.0870. The van der Waals surface area contributed by atoms with E-state index in [4.69, 9.17) is 9.47 Å². The van der Waals surface area contributed by atoms with Crippen molar-refractivity contribution >= 4 is 5.97 Å². The first-order valence-corrected chi connectivity index (χ1v) is 8.38. The van der Waals surface area contributed by atoms with Crippen molar-refractivity contribution in [3.05, 3.63) is 108 Å². The van der Waals surface area contributed by atoms with Gasteiger partial charge in [-0.05, 0) is 30.7 Å². The van der Waals surface area contributed by atoms with E-state index in [0.717, 1.165) is 16.9 Å². The summed E-state index contributed by atoms with van der Waals surface area (Å²) < 4.78 is 11.8. The Morgan fingerprint density at radius 1 is 0.846 bits per heavy atom. The maximum Gasteiger partial charge on any atom is 0.334 e. The molecule has 26 heavy (non-hydrogen) atoms. The molecule has 3 aromatic carbocycles. The van der Waals surface area contributed by atoms with Crippen LogP contribution in [0.2, 0.25) is 0 Å². The largest absolute Gasteiger partial charge is 0.457 e. The van der Waals surface area contributed by atoms with Crippen molar-refractivity contribution < 1.29 is 14.3 Å². The van der Waals surface area contributed by atoms with Crippen LogP contribution < -0.4 is 4.74 Å². The van der Waals surface area contributed by atoms with Gasteiger partial charge >= 0.3 is 5.97 Å². The van der Waals surface area contributed by atoms with Gasteiger partial charge in [-0.15, -0.1) is 0 Å². The zero-order chi connectivity index (χ0) is 18.4. The lowest BCUT2D eigenvalue weighted by Gasteiger charge is -2.21. The maximum absolute atomic E-state index is 12.2. The van der Waals surface area contributed by atoms with Gasteiger partial charge in [0.05, 0.1) is 0 Å². The Bertz CT molecular complexity index is 886. The van der Waals surface area contributed by atoms with Gasteiger partial charge in [-0.25, -0.2) is 4.79 Å². The van der Waals surface area contributed by atoms with Crippen molar-refractivity contribution in [3.63, 3.8) is 0 Å². The zero-order valence-corrected chi connectivity index (χ0v) is 14.6. The van der Waals surface area contributed by atoms with Crippen molar-refractivity contribution in [3.8, 4) is 11.5 Å². The van der Waals surface area contributed by atoms with Crippen molar-refractivity contribution in [2.75, 3.05) is 0 Å². The van der Waals surface area contributed by atoms with Crippen LogP contribution in [-0.2, 0) is 9.53 Å². The van der Waals surface area contributed by atoms with Gasteiger partial charge in [-0.3, -0.25) is 0 Å². The van der Waals surface area contributed by atoms with Crippen LogP contribution in [0.15, 0.2) is 97.1 Å². The Morgan fingerprint density at radius 3 is 2.08 bits per heavy atom. The molecule has 1 unspecified atom stereocenters. The number of carbonyl (C=O) groups excluding carboxylic acids is 1. The molecule has 0 amide bonds. The smallest absolute Gasteiger partial charge is 0.334 e. The molecule has 3 rings (SSSR count). The normalized spacial score (nSPS) is 11.4. The second-order valence-corrected chi connectivity index (χ2v) is 5.93. The number of ether oxygens (including phenoxy) is 2. The molecule has 0 aliphatic rings. The van der Waals surface area contributed by atoms with E-state index in [9.17, 15) is 4.79 Å². The van der Waals surface area contributed by atoms with E-state index >= 15 is 0 Å². The number of benzene rings is 3. The summed E-state index contributed by atoms with van der Waals surface area (Å²) in [6.07, 6.45) is -0.583. The fourth-order valence-electron chi connectivity index (χ4n) is 2.55. The van der Waals surface area contributed by atoms with E-state index in [0.29, 0.717) is 11.3 Å². The van der Waals surface area contributed by atoms with Crippen molar-refractivity contribution in [2.45, 2.75) is 13.0 Å². The zero-order valence-electron chi connectivity index (χ0n) is 14.6. The highest BCUT2D eigenvalue weighted by Gasteiger charge is 2.23. The Labute approximate surface area is 153 Å². The number of rotatable bonds is 6. The van der Waals surface area contributed by atoms with Crippen LogP contribution in [0.5, 0.6) is 11.5 Å². The van der Waals surface area contributed by atoms with E-state index in [1.54, 1.807) is 6.92 Å². The fourth-order valence-corrected chi connectivity index (χ4v) is 2.55. The topological polar surface area (TPSA) is 35.5 Å². The summed E-state index contributed by atoms with van der Waals surface area (Å²) in [5, 5.41) is 0. The maximum atomic E-state index is 12.2. The highest BCUT2D eigenvalue weighted by Crippen LogP contribution is 2.35. The van der Waals surface area contributed by atoms with Gasteiger partial charge in [0.25, 0.3) is 0 Å². The Kier molecular flexibility index (Phi) is 5.49. The molecule has 0 saturated carbocycles. The van der Waals surface area contributed by atoms with Gasteiger partial charge in [-0.2, -0.15) is 0 Å². The molecule has 0 N–H and O–H groups in total. The molecule has 1 atom stereocenters. The highest BCUT2D eigenvalue weighted by atomic mass is 16.5. The van der Waals surface area contributed by atoms with Gasteiger partial charge in [-0.1, -0.05) is 73.3 Å². The minimum Gasteiger partial charge on any atom is -0.457 e. The first-order chi connectivity index (χ1) is 12.6. The van der Waals surface area contributed by atoms with Gasteiger partial charge in [0.15, 0.2) is 6.10 Å². The molecule has 0 heterocycles. The lowest BCUT2D eigenvalue weighted by atomic mass is 10.0. The van der Waals surface area contributed by atoms with Crippen LogP contribution in [0.1, 0.15) is 24.2 Å². The molecule has 0 spiro atoms. The molecule has 3 heteroatoms. The van der Waals surface area contributed by atoms with E-state index in [1.807, 2.05) is 84.9 Å². The summed E-state index contributed by atoms with van der Waals surface area (Å²) in [7, 11) is 0. The van der Waals surface area contributed by atoms with Crippen LogP contribution in [0.25, 0.3) is 0 Å². The van der Waals surface area contributed by atoms with E-state index < -0.39 is 12.1 Å². The Hall–Kier alpha value is -3.33. The van der Waals surface area contributed by atoms with Gasteiger partial charge in [0.1, 0.15) is 11.5 Å². The molecule has 0 aliphatic carbocycles. The van der Waals surface area contributed by atoms with Gasteiger partial charge in [0, 0.05) is 11.1 Å². The Balaban J connectivity index is 2.01. The number of carbonyl (C=O) groups is 1. The number of hydrogen-bond donors (Lipinski definition) is 0. The van der Waals surface area contributed by atoms with Crippen molar-refractivity contribution in [2.24, 2.45) is 0 Å². The third kappa shape index (κ3) is 4.19. The van der Waals surface area contributed by atoms with E-state index in [1.165, 1.54) is 0 Å². The van der Waals surface area contributed by atoms with Crippen molar-refractivity contribution in [1.29, 1.82) is 0 Å². The standard InChI is InChI=1S/C23H20O3/c1-17(2)23(24)26-22(18-11-5-3-6-12-18)20-15-9-10-16-21(20)25-19-13-7-4-8-14-19/h3-16,22H,1H2,2H3. The molecule has 130 valence electrons. The van der Waals surface area contributed by atoms with Crippen LogP contribution in [0, 0.1) is 0 Å². The quantitative estimate of drug-likeness (QED) is 0.426. The third-order valence-electron chi connectivity index (χ3n) is 3.85. The second-order valence-electron chi connectivity index (χ2n) is 5.93. The highest BCUT2D eigenvalue weighted by molar-refractivity contribution is 5.87. The lowest BCUT2D eigenvalue weighted by Crippen LogP contribution is -2.14. The van der Waals surface area contributed by atoms with Crippen LogP contribution >= 0.6 is 0 Å². The molecule has 3 aromatic rings. The summed E-state index contributed by atoms with van der Waals surface area (Å²) >= 11 is 0. The number of esters is 1. The molecule has 0 fully saturated rings. The third-order valence-corrected chi connectivity index (χ3v) is 3.85. The second kappa shape index (κ2) is 8.17. The average molecular weight is 344 g/mol. The average Bonchev–Trinajstić information content (AvgIpc) is 2.68. The molecule has 0 bridgehead atoms. The predicted octanol–water partition coefficient (Wildman–Crippen LogP) is 5.69. The predicted molar refractivity (Wildman–Crippen MR) is 102 cm³/mol. The summed E-state index contributed by atoms with van der Waals surface area (Å²) in [5.74, 6) is 0.924. The van der Waals surface area contributed by atoms with Gasteiger partial charge in [0.2, 0.25) is 0 Å². The number of hydrogen-bond acceptors (Lipinski definition) is 3. The summed E-state index contributed by atoms with van der Waals surface area (Å²) in [6.45, 7) is 5.32. The summed E-state index contributed by atoms with van der Waals surface area (Å²) in [4.78, 5) is 12.2. The summed E-state index contributed by atoms with van der Waals surface area (Å²) in [6, 6.07) is 26.7. The molecule has 3 nitrogen and oxygen atoms in total.